The van der Waals surface area contributed by atoms with Crippen LogP contribution in [0.2, 0.25) is 0 Å². The molecule has 0 saturated carbocycles. The maximum absolute atomic E-state index is 14.5. The maximum atomic E-state index is 14.5. The van der Waals surface area contributed by atoms with Gasteiger partial charge in [-0.25, -0.2) is 4.39 Å². The zero-order valence-corrected chi connectivity index (χ0v) is 24.0. The molecule has 1 aliphatic rings. The van der Waals surface area contributed by atoms with Crippen LogP contribution in [-0.2, 0) is 11.2 Å². The molecule has 0 radical (unpaired) electrons. The van der Waals surface area contributed by atoms with Crippen molar-refractivity contribution in [3.8, 4) is 16.9 Å². The number of rotatable bonds is 12. The van der Waals surface area contributed by atoms with E-state index in [0.717, 1.165) is 41.5 Å². The first-order chi connectivity index (χ1) is 20.0. The Morgan fingerprint density at radius 2 is 1.76 bits per heavy atom. The number of ether oxygens (including phenoxy) is 1. The first kappa shape index (κ1) is 31.1. The summed E-state index contributed by atoms with van der Waals surface area (Å²) in [7, 11) is 1.53. The molecule has 0 saturated heterocycles. The number of alkyl halides is 3. The average Bonchev–Trinajstić information content (AvgIpc) is 3.31. The van der Waals surface area contributed by atoms with Crippen molar-refractivity contribution in [1.82, 2.24) is 0 Å². The van der Waals surface area contributed by atoms with E-state index in [0.29, 0.717) is 29.8 Å². The fourth-order valence-corrected chi connectivity index (χ4v) is 5.56. The van der Waals surface area contributed by atoms with Crippen LogP contribution in [0.15, 0.2) is 65.8 Å². The number of carboxylic acid groups (broad SMARTS) is 1. The normalized spacial score (nSPS) is 16.9. The van der Waals surface area contributed by atoms with E-state index in [1.165, 1.54) is 18.2 Å². The number of anilines is 1. The van der Waals surface area contributed by atoms with Crippen LogP contribution in [0.5, 0.6) is 5.75 Å². The van der Waals surface area contributed by atoms with Crippen LogP contribution in [0.25, 0.3) is 11.1 Å². The molecule has 2 atom stereocenters. The van der Waals surface area contributed by atoms with Crippen LogP contribution in [0.4, 0.5) is 23.2 Å². The van der Waals surface area contributed by atoms with E-state index in [2.05, 4.69) is 5.10 Å². The Morgan fingerprint density at radius 3 is 2.38 bits per heavy atom. The van der Waals surface area contributed by atoms with Gasteiger partial charge in [0.2, 0.25) is 0 Å². The number of aliphatic carboxylic acids is 1. The number of carboxylic acids is 1. The Morgan fingerprint density at radius 1 is 1.02 bits per heavy atom. The average molecular weight is 585 g/mol. The van der Waals surface area contributed by atoms with Gasteiger partial charge in [-0.05, 0) is 72.4 Å². The Labute approximate surface area is 243 Å². The van der Waals surface area contributed by atoms with E-state index in [1.54, 1.807) is 24.3 Å². The van der Waals surface area contributed by atoms with E-state index < -0.39 is 36.2 Å². The van der Waals surface area contributed by atoms with Crippen LogP contribution in [0.3, 0.4) is 0 Å². The van der Waals surface area contributed by atoms with Gasteiger partial charge in [0.05, 0.1) is 25.3 Å². The molecule has 0 aliphatic carbocycles. The standard InChI is InChI=1S/C33H36F4N2O3/c1-4-5-6-7-8-27-30(20-31(40)41)39(38-32(27)33(35,36)37)25-13-9-22(10-14-25)18-23-11-12-24(17-21(23)2)28-19-26(42-3)15-16-29(28)34/h9-17,19,27,30H,4-8,18,20H2,1-3H3,(H,40,41). The fraction of sp³-hybridized carbons (Fsp3) is 0.394. The SMILES string of the molecule is CCCCCCC1C(C(F)(F)F)=NN(c2ccc(Cc3ccc(-c4cc(OC)ccc4F)cc3C)cc2)C1CC(=O)O. The molecule has 3 aromatic carbocycles. The summed E-state index contributed by atoms with van der Waals surface area (Å²) in [6, 6.07) is 16.4. The van der Waals surface area contributed by atoms with Gasteiger partial charge in [0, 0.05) is 11.5 Å². The second-order valence-corrected chi connectivity index (χ2v) is 10.8. The summed E-state index contributed by atoms with van der Waals surface area (Å²) in [6.45, 7) is 3.97. The molecule has 224 valence electrons. The van der Waals surface area contributed by atoms with Crippen LogP contribution in [0, 0.1) is 18.7 Å². The van der Waals surface area contributed by atoms with Crippen molar-refractivity contribution in [2.24, 2.45) is 11.0 Å². The first-order valence-electron chi connectivity index (χ1n) is 14.2. The summed E-state index contributed by atoms with van der Waals surface area (Å²) >= 11 is 0. The van der Waals surface area contributed by atoms with E-state index in [-0.39, 0.29) is 12.2 Å². The van der Waals surface area contributed by atoms with Gasteiger partial charge in [0.1, 0.15) is 17.3 Å². The van der Waals surface area contributed by atoms with E-state index in [4.69, 9.17) is 4.74 Å². The molecule has 0 spiro atoms. The Hall–Kier alpha value is -3.88. The minimum atomic E-state index is -4.64. The molecule has 1 aliphatic heterocycles. The molecule has 1 heterocycles. The van der Waals surface area contributed by atoms with Crippen molar-refractivity contribution in [3.05, 3.63) is 83.2 Å². The number of hydrazone groups is 1. The van der Waals surface area contributed by atoms with Gasteiger partial charge in [0.25, 0.3) is 0 Å². The minimum Gasteiger partial charge on any atom is -0.497 e. The molecule has 5 nitrogen and oxygen atoms in total. The van der Waals surface area contributed by atoms with Crippen LogP contribution >= 0.6 is 0 Å². The second-order valence-electron chi connectivity index (χ2n) is 10.8. The van der Waals surface area contributed by atoms with Crippen LogP contribution < -0.4 is 9.75 Å². The number of nitrogens with zero attached hydrogens (tertiary/aromatic N) is 2. The van der Waals surface area contributed by atoms with E-state index in [9.17, 15) is 27.5 Å². The lowest BCUT2D eigenvalue weighted by atomic mass is 9.87. The van der Waals surface area contributed by atoms with Gasteiger partial charge in [0.15, 0.2) is 0 Å². The Balaban J connectivity index is 1.55. The number of carbonyl (C=O) groups is 1. The molecule has 9 heteroatoms. The molecule has 0 amide bonds. The molecule has 2 unspecified atom stereocenters. The zero-order chi connectivity index (χ0) is 30.4. The van der Waals surface area contributed by atoms with Gasteiger partial charge in [-0.2, -0.15) is 18.3 Å². The van der Waals surface area contributed by atoms with E-state index in [1.807, 2.05) is 44.2 Å². The minimum absolute atomic E-state index is 0.236. The highest BCUT2D eigenvalue weighted by Crippen LogP contribution is 2.39. The summed E-state index contributed by atoms with van der Waals surface area (Å²) in [6.07, 6.45) is -1.05. The third-order valence-electron chi connectivity index (χ3n) is 7.81. The lowest BCUT2D eigenvalue weighted by molar-refractivity contribution is -0.137. The molecule has 4 rings (SSSR count). The summed E-state index contributed by atoms with van der Waals surface area (Å²) < 4.78 is 61.7. The number of hydrogen-bond acceptors (Lipinski definition) is 4. The van der Waals surface area contributed by atoms with E-state index >= 15 is 0 Å². The first-order valence-corrected chi connectivity index (χ1v) is 14.2. The largest absolute Gasteiger partial charge is 0.497 e. The molecule has 0 aromatic heterocycles. The summed E-state index contributed by atoms with van der Waals surface area (Å²) in [5.74, 6) is -1.95. The quantitative estimate of drug-likeness (QED) is 0.171. The van der Waals surface area contributed by atoms with Crippen molar-refractivity contribution < 1.29 is 32.2 Å². The highest BCUT2D eigenvalue weighted by atomic mass is 19.4. The smallest absolute Gasteiger partial charge is 0.431 e. The summed E-state index contributed by atoms with van der Waals surface area (Å²) in [5.41, 5.74) is 3.59. The number of halogens is 4. The molecule has 1 N–H and O–H groups in total. The van der Waals surface area contributed by atoms with Crippen LogP contribution in [-0.4, -0.2) is 36.1 Å². The lowest BCUT2D eigenvalue weighted by Crippen LogP contribution is -2.38. The highest BCUT2D eigenvalue weighted by Gasteiger charge is 2.50. The second kappa shape index (κ2) is 13.4. The van der Waals surface area contributed by atoms with Gasteiger partial charge >= 0.3 is 12.1 Å². The zero-order valence-electron chi connectivity index (χ0n) is 24.0. The van der Waals surface area contributed by atoms with Gasteiger partial charge < -0.3 is 9.84 Å². The fourth-order valence-electron chi connectivity index (χ4n) is 5.56. The van der Waals surface area contributed by atoms with Gasteiger partial charge in [-0.1, -0.05) is 62.9 Å². The van der Waals surface area contributed by atoms with Crippen molar-refractivity contribution in [1.29, 1.82) is 0 Å². The van der Waals surface area contributed by atoms with Gasteiger partial charge in [-0.3, -0.25) is 9.80 Å². The summed E-state index contributed by atoms with van der Waals surface area (Å²) in [4.78, 5) is 11.7. The third-order valence-corrected chi connectivity index (χ3v) is 7.81. The van der Waals surface area contributed by atoms with Crippen molar-refractivity contribution in [2.75, 3.05) is 12.1 Å². The maximum Gasteiger partial charge on any atom is 0.431 e. The van der Waals surface area contributed by atoms with Crippen molar-refractivity contribution in [3.63, 3.8) is 0 Å². The number of unbranched alkanes of at least 4 members (excludes halogenated alkanes) is 3. The lowest BCUT2D eigenvalue weighted by Gasteiger charge is -2.27. The monoisotopic (exact) mass is 584 g/mol. The molecule has 3 aromatic rings. The summed E-state index contributed by atoms with van der Waals surface area (Å²) in [5, 5.41) is 14.7. The van der Waals surface area contributed by atoms with Crippen molar-refractivity contribution in [2.45, 2.75) is 71.0 Å². The number of methoxy groups -OCH3 is 1. The predicted molar refractivity (Wildman–Crippen MR) is 157 cm³/mol. The Kier molecular flexibility index (Phi) is 9.91. The molecule has 42 heavy (non-hydrogen) atoms. The number of hydrogen-bond donors (Lipinski definition) is 1. The molecule has 0 fully saturated rings. The molecular formula is C33H36F4N2O3. The third kappa shape index (κ3) is 7.30. The topological polar surface area (TPSA) is 62.1 Å². The number of benzene rings is 3. The van der Waals surface area contributed by atoms with Gasteiger partial charge in [-0.15, -0.1) is 0 Å². The predicted octanol–water partition coefficient (Wildman–Crippen LogP) is 8.57. The van der Waals surface area contributed by atoms with Crippen molar-refractivity contribution >= 4 is 17.4 Å². The number of aryl methyl sites for hydroxylation is 1. The molecular weight excluding hydrogens is 548 g/mol. The Bertz CT molecular complexity index is 1420. The van der Waals surface area contributed by atoms with Crippen LogP contribution in [0.1, 0.15) is 62.1 Å². The highest BCUT2D eigenvalue weighted by molar-refractivity contribution is 5.96. The molecule has 0 bridgehead atoms.